The summed E-state index contributed by atoms with van der Waals surface area (Å²) in [7, 11) is 0. The van der Waals surface area contributed by atoms with E-state index in [0.717, 1.165) is 11.3 Å². The molecule has 1 amide bonds. The molecule has 0 saturated carbocycles. The molecule has 21 heavy (non-hydrogen) atoms. The minimum Gasteiger partial charge on any atom is -0.332 e. The molecule has 0 aliphatic heterocycles. The number of rotatable bonds is 4. The number of nitrogens with zero attached hydrogens (tertiary/aromatic N) is 3. The molecule has 0 aliphatic carbocycles. The standard InChI is InChI=1S/C14H13N5O2/c1-9-2-4-10(5-3-9)16-13(20)8-12-17-14(21-19-12)11-6-7-15-18-11/h2-7H,8H2,1H3,(H,15,18)(H,16,20). The van der Waals surface area contributed by atoms with Crippen LogP contribution in [0.3, 0.4) is 0 Å². The second-order valence-electron chi connectivity index (χ2n) is 4.58. The molecule has 0 saturated heterocycles. The van der Waals surface area contributed by atoms with Gasteiger partial charge in [0.2, 0.25) is 5.91 Å². The number of aryl methyl sites for hydroxylation is 1. The van der Waals surface area contributed by atoms with Crippen LogP contribution in [0.15, 0.2) is 41.1 Å². The Labute approximate surface area is 120 Å². The molecule has 2 aromatic heterocycles. The zero-order valence-electron chi connectivity index (χ0n) is 11.3. The monoisotopic (exact) mass is 283 g/mol. The van der Waals surface area contributed by atoms with Crippen molar-refractivity contribution >= 4 is 11.6 Å². The Morgan fingerprint density at radius 3 is 2.81 bits per heavy atom. The number of amides is 1. The average Bonchev–Trinajstić information content (AvgIpc) is 3.12. The van der Waals surface area contributed by atoms with Crippen LogP contribution in [-0.4, -0.2) is 26.2 Å². The third-order valence-electron chi connectivity index (χ3n) is 2.85. The van der Waals surface area contributed by atoms with E-state index >= 15 is 0 Å². The molecule has 2 N–H and O–H groups in total. The van der Waals surface area contributed by atoms with E-state index < -0.39 is 0 Å². The second kappa shape index (κ2) is 5.58. The average molecular weight is 283 g/mol. The van der Waals surface area contributed by atoms with E-state index in [2.05, 4.69) is 25.7 Å². The van der Waals surface area contributed by atoms with Crippen LogP contribution in [0.2, 0.25) is 0 Å². The van der Waals surface area contributed by atoms with Crippen molar-refractivity contribution in [2.75, 3.05) is 5.32 Å². The highest BCUT2D eigenvalue weighted by atomic mass is 16.5. The van der Waals surface area contributed by atoms with Gasteiger partial charge in [-0.05, 0) is 25.1 Å². The van der Waals surface area contributed by atoms with Crippen molar-refractivity contribution in [2.45, 2.75) is 13.3 Å². The number of carbonyl (C=O) groups excluding carboxylic acids is 1. The highest BCUT2D eigenvalue weighted by Crippen LogP contribution is 2.13. The number of carbonyl (C=O) groups is 1. The Balaban J connectivity index is 1.64. The Hall–Kier alpha value is -2.96. The largest absolute Gasteiger partial charge is 0.332 e. The van der Waals surface area contributed by atoms with Gasteiger partial charge in [-0.2, -0.15) is 10.1 Å². The number of benzene rings is 1. The molecule has 0 aliphatic rings. The molecule has 0 spiro atoms. The number of nitrogens with one attached hydrogen (secondary N) is 2. The molecule has 2 heterocycles. The summed E-state index contributed by atoms with van der Waals surface area (Å²) in [6, 6.07) is 9.27. The van der Waals surface area contributed by atoms with Crippen LogP contribution in [0.1, 0.15) is 11.4 Å². The molecule has 3 aromatic rings. The van der Waals surface area contributed by atoms with E-state index in [1.54, 1.807) is 12.3 Å². The summed E-state index contributed by atoms with van der Waals surface area (Å²) < 4.78 is 5.06. The summed E-state index contributed by atoms with van der Waals surface area (Å²) in [5, 5.41) is 13.1. The van der Waals surface area contributed by atoms with Crippen molar-refractivity contribution in [3.8, 4) is 11.6 Å². The molecule has 0 radical (unpaired) electrons. The van der Waals surface area contributed by atoms with Gasteiger partial charge in [0, 0.05) is 11.9 Å². The number of H-pyrrole nitrogens is 1. The lowest BCUT2D eigenvalue weighted by Crippen LogP contribution is -2.15. The molecule has 0 atom stereocenters. The van der Waals surface area contributed by atoms with Crippen molar-refractivity contribution in [1.29, 1.82) is 0 Å². The molecule has 1 aromatic carbocycles. The lowest BCUT2D eigenvalue weighted by Gasteiger charge is -2.03. The van der Waals surface area contributed by atoms with E-state index in [9.17, 15) is 4.79 Å². The zero-order chi connectivity index (χ0) is 14.7. The quantitative estimate of drug-likeness (QED) is 0.762. The number of aromatic nitrogens is 4. The highest BCUT2D eigenvalue weighted by Gasteiger charge is 2.13. The van der Waals surface area contributed by atoms with Gasteiger partial charge in [0.25, 0.3) is 5.89 Å². The number of aromatic amines is 1. The third kappa shape index (κ3) is 3.14. The van der Waals surface area contributed by atoms with Gasteiger partial charge >= 0.3 is 0 Å². The normalized spacial score (nSPS) is 10.5. The predicted octanol–water partition coefficient (Wildman–Crippen LogP) is 1.95. The summed E-state index contributed by atoms with van der Waals surface area (Å²) in [6.45, 7) is 1.99. The van der Waals surface area contributed by atoms with Gasteiger partial charge in [0.1, 0.15) is 5.69 Å². The van der Waals surface area contributed by atoms with E-state index in [0.29, 0.717) is 17.4 Å². The first-order chi connectivity index (χ1) is 10.2. The van der Waals surface area contributed by atoms with Crippen molar-refractivity contribution in [3.63, 3.8) is 0 Å². The van der Waals surface area contributed by atoms with Crippen LogP contribution in [0.4, 0.5) is 5.69 Å². The maximum atomic E-state index is 11.9. The van der Waals surface area contributed by atoms with E-state index in [4.69, 9.17) is 4.52 Å². The minimum absolute atomic E-state index is 0.0471. The number of hydrogen-bond donors (Lipinski definition) is 2. The highest BCUT2D eigenvalue weighted by molar-refractivity contribution is 5.91. The first-order valence-corrected chi connectivity index (χ1v) is 6.39. The Morgan fingerprint density at radius 1 is 1.29 bits per heavy atom. The number of anilines is 1. The molecule has 0 bridgehead atoms. The van der Waals surface area contributed by atoms with E-state index in [-0.39, 0.29) is 12.3 Å². The number of hydrogen-bond acceptors (Lipinski definition) is 5. The summed E-state index contributed by atoms with van der Waals surface area (Å²) in [4.78, 5) is 16.0. The molecule has 3 rings (SSSR count). The molecule has 7 nitrogen and oxygen atoms in total. The summed E-state index contributed by atoms with van der Waals surface area (Å²) in [5.41, 5.74) is 2.49. The topological polar surface area (TPSA) is 96.7 Å². The SMILES string of the molecule is Cc1ccc(NC(=O)Cc2noc(-c3ccn[nH]3)n2)cc1. The fourth-order valence-electron chi connectivity index (χ4n) is 1.80. The molecule has 0 unspecified atom stereocenters. The first kappa shape index (κ1) is 13.0. The molecule has 7 heteroatoms. The third-order valence-corrected chi connectivity index (χ3v) is 2.85. The van der Waals surface area contributed by atoms with Gasteiger partial charge in [-0.3, -0.25) is 9.89 Å². The van der Waals surface area contributed by atoms with Crippen LogP contribution in [0.5, 0.6) is 0 Å². The Kier molecular flexibility index (Phi) is 3.46. The van der Waals surface area contributed by atoms with Gasteiger partial charge in [-0.25, -0.2) is 0 Å². The molecular formula is C14H13N5O2. The molecule has 106 valence electrons. The van der Waals surface area contributed by atoms with Gasteiger partial charge in [0.05, 0.1) is 6.42 Å². The van der Waals surface area contributed by atoms with Crippen LogP contribution < -0.4 is 5.32 Å². The van der Waals surface area contributed by atoms with Gasteiger partial charge < -0.3 is 9.84 Å². The van der Waals surface area contributed by atoms with Crippen molar-refractivity contribution < 1.29 is 9.32 Å². The smallest absolute Gasteiger partial charge is 0.275 e. The van der Waals surface area contributed by atoms with E-state index in [1.165, 1.54) is 0 Å². The van der Waals surface area contributed by atoms with E-state index in [1.807, 2.05) is 31.2 Å². The Bertz CT molecular complexity index is 731. The van der Waals surface area contributed by atoms with Crippen LogP contribution in [0.25, 0.3) is 11.6 Å². The maximum Gasteiger partial charge on any atom is 0.275 e. The second-order valence-corrected chi connectivity index (χ2v) is 4.58. The van der Waals surface area contributed by atoms with Gasteiger partial charge in [0.15, 0.2) is 5.82 Å². The van der Waals surface area contributed by atoms with Gasteiger partial charge in [-0.15, -0.1) is 0 Å². The molecule has 0 fully saturated rings. The van der Waals surface area contributed by atoms with Crippen LogP contribution in [-0.2, 0) is 11.2 Å². The summed E-state index contributed by atoms with van der Waals surface area (Å²) in [6.07, 6.45) is 1.63. The van der Waals surface area contributed by atoms with Crippen LogP contribution >= 0.6 is 0 Å². The fourth-order valence-corrected chi connectivity index (χ4v) is 1.80. The Morgan fingerprint density at radius 2 is 2.10 bits per heavy atom. The van der Waals surface area contributed by atoms with Crippen LogP contribution in [0, 0.1) is 6.92 Å². The summed E-state index contributed by atoms with van der Waals surface area (Å²) >= 11 is 0. The maximum absolute atomic E-state index is 11.9. The summed E-state index contributed by atoms with van der Waals surface area (Å²) in [5.74, 6) is 0.436. The lowest BCUT2D eigenvalue weighted by atomic mass is 10.2. The fraction of sp³-hybridized carbons (Fsp3) is 0.143. The molecular weight excluding hydrogens is 270 g/mol. The van der Waals surface area contributed by atoms with Crippen molar-refractivity contribution in [2.24, 2.45) is 0 Å². The van der Waals surface area contributed by atoms with Gasteiger partial charge in [-0.1, -0.05) is 22.9 Å². The van der Waals surface area contributed by atoms with Crippen molar-refractivity contribution in [1.82, 2.24) is 20.3 Å². The minimum atomic E-state index is -0.198. The predicted molar refractivity (Wildman–Crippen MR) is 75.4 cm³/mol. The first-order valence-electron chi connectivity index (χ1n) is 6.39. The lowest BCUT2D eigenvalue weighted by molar-refractivity contribution is -0.115. The van der Waals surface area contributed by atoms with Crippen molar-refractivity contribution in [3.05, 3.63) is 47.9 Å². The zero-order valence-corrected chi connectivity index (χ0v) is 11.3.